The molecule has 3 aromatic rings. The lowest BCUT2D eigenvalue weighted by Crippen LogP contribution is -2.48. The van der Waals surface area contributed by atoms with Gasteiger partial charge in [0.2, 0.25) is 0 Å². The second-order valence-electron chi connectivity index (χ2n) is 6.67. The van der Waals surface area contributed by atoms with E-state index in [2.05, 4.69) is 10.00 Å². The van der Waals surface area contributed by atoms with Gasteiger partial charge in [-0.2, -0.15) is 5.10 Å². The van der Waals surface area contributed by atoms with Crippen molar-refractivity contribution >= 4 is 33.7 Å². The average molecular weight is 400 g/mol. The van der Waals surface area contributed by atoms with E-state index >= 15 is 0 Å². The Hall–Kier alpha value is -2.97. The van der Waals surface area contributed by atoms with Gasteiger partial charge in [-0.15, -0.1) is 0 Å². The largest absolute Gasteiger partial charge is 0.363 e. The van der Waals surface area contributed by atoms with Crippen molar-refractivity contribution in [2.24, 2.45) is 0 Å². The number of benzene rings is 2. The van der Waals surface area contributed by atoms with E-state index in [0.29, 0.717) is 48.9 Å². The van der Waals surface area contributed by atoms with Crippen molar-refractivity contribution in [1.29, 1.82) is 0 Å². The van der Waals surface area contributed by atoms with Crippen LogP contribution in [0.2, 0.25) is 5.02 Å². The molecule has 4 rings (SSSR count). The highest BCUT2D eigenvalue weighted by molar-refractivity contribution is 6.30. The molecule has 2 heterocycles. The summed E-state index contributed by atoms with van der Waals surface area (Å²) in [5.41, 5.74) is 0.456. The van der Waals surface area contributed by atoms with Crippen LogP contribution in [0.4, 0.5) is 11.4 Å². The van der Waals surface area contributed by atoms with Gasteiger partial charge in [-0.3, -0.25) is 19.8 Å². The first-order valence-electron chi connectivity index (χ1n) is 8.89. The molecule has 0 N–H and O–H groups in total. The lowest BCUT2D eigenvalue weighted by molar-refractivity contribution is -0.384. The Labute approximate surface area is 165 Å². The highest BCUT2D eigenvalue weighted by Gasteiger charge is 2.24. The Kier molecular flexibility index (Phi) is 4.97. The maximum atomic E-state index is 12.6. The molecule has 0 spiro atoms. The number of nitro groups is 1. The van der Waals surface area contributed by atoms with Gasteiger partial charge < -0.3 is 4.90 Å². The van der Waals surface area contributed by atoms with Crippen LogP contribution in [-0.2, 0) is 6.67 Å². The SMILES string of the molecule is O=c1c2ccccc2cnn1CN1CCN(c2ccc(Cl)cc2[N+](=O)[O-])CC1. The van der Waals surface area contributed by atoms with Gasteiger partial charge in [0.05, 0.1) is 23.2 Å². The zero-order valence-electron chi connectivity index (χ0n) is 15.0. The molecule has 2 aromatic carbocycles. The van der Waals surface area contributed by atoms with Crippen LogP contribution >= 0.6 is 11.6 Å². The Morgan fingerprint density at radius 3 is 2.61 bits per heavy atom. The van der Waals surface area contributed by atoms with Crippen molar-refractivity contribution in [3.63, 3.8) is 0 Å². The van der Waals surface area contributed by atoms with Crippen molar-refractivity contribution in [2.45, 2.75) is 6.67 Å². The highest BCUT2D eigenvalue weighted by Crippen LogP contribution is 2.31. The van der Waals surface area contributed by atoms with Gasteiger partial charge in [0.25, 0.3) is 11.2 Å². The van der Waals surface area contributed by atoms with E-state index in [4.69, 9.17) is 11.6 Å². The molecule has 0 aliphatic carbocycles. The second-order valence-corrected chi connectivity index (χ2v) is 7.11. The van der Waals surface area contributed by atoms with Crippen LogP contribution in [0.15, 0.2) is 53.5 Å². The maximum absolute atomic E-state index is 12.6. The predicted octanol–water partition coefficient (Wildman–Crippen LogP) is 2.74. The molecule has 9 heteroatoms. The Morgan fingerprint density at radius 2 is 1.86 bits per heavy atom. The molecule has 28 heavy (non-hydrogen) atoms. The fourth-order valence-electron chi connectivity index (χ4n) is 3.46. The molecule has 0 unspecified atom stereocenters. The number of rotatable bonds is 4. The third kappa shape index (κ3) is 3.56. The summed E-state index contributed by atoms with van der Waals surface area (Å²) in [5, 5.41) is 17.4. The van der Waals surface area contributed by atoms with Gasteiger partial charge >= 0.3 is 0 Å². The van der Waals surface area contributed by atoms with E-state index in [9.17, 15) is 14.9 Å². The van der Waals surface area contributed by atoms with Crippen molar-refractivity contribution < 1.29 is 4.92 Å². The smallest absolute Gasteiger partial charge is 0.294 e. The summed E-state index contributed by atoms with van der Waals surface area (Å²) in [6.07, 6.45) is 1.70. The number of anilines is 1. The molecule has 1 aliphatic heterocycles. The minimum Gasteiger partial charge on any atom is -0.363 e. The molecule has 1 aliphatic rings. The molecule has 0 radical (unpaired) electrons. The van der Waals surface area contributed by atoms with E-state index in [1.807, 2.05) is 23.1 Å². The summed E-state index contributed by atoms with van der Waals surface area (Å²) in [4.78, 5) is 27.6. The zero-order valence-corrected chi connectivity index (χ0v) is 15.7. The van der Waals surface area contributed by atoms with Gasteiger partial charge in [0, 0.05) is 42.7 Å². The third-order valence-electron chi connectivity index (χ3n) is 4.94. The lowest BCUT2D eigenvalue weighted by Gasteiger charge is -2.35. The molecular formula is C19H18ClN5O3. The van der Waals surface area contributed by atoms with E-state index in [1.54, 1.807) is 24.4 Å². The minimum atomic E-state index is -0.411. The van der Waals surface area contributed by atoms with E-state index in [0.717, 1.165) is 5.39 Å². The number of hydrogen-bond donors (Lipinski definition) is 0. The minimum absolute atomic E-state index is 0.00775. The van der Waals surface area contributed by atoms with Crippen LogP contribution < -0.4 is 10.5 Å². The monoisotopic (exact) mass is 399 g/mol. The zero-order chi connectivity index (χ0) is 19.7. The first-order chi connectivity index (χ1) is 13.5. The summed E-state index contributed by atoms with van der Waals surface area (Å²) in [5.74, 6) is 0. The number of aromatic nitrogens is 2. The van der Waals surface area contributed by atoms with Crippen molar-refractivity contribution in [2.75, 3.05) is 31.1 Å². The standard InChI is InChI=1S/C19H18ClN5O3/c20-15-5-6-17(18(11-15)25(27)28)23-9-7-22(8-10-23)13-24-19(26)16-4-2-1-3-14(16)12-21-24/h1-6,11-12H,7-10,13H2. The van der Waals surface area contributed by atoms with Crippen LogP contribution in [0, 0.1) is 10.1 Å². The van der Waals surface area contributed by atoms with Crippen LogP contribution in [-0.4, -0.2) is 45.8 Å². The quantitative estimate of drug-likeness (QED) is 0.495. The molecule has 0 atom stereocenters. The molecule has 0 bridgehead atoms. The second kappa shape index (κ2) is 7.57. The first kappa shape index (κ1) is 18.4. The average Bonchev–Trinajstić information content (AvgIpc) is 2.71. The van der Waals surface area contributed by atoms with Gasteiger partial charge in [-0.1, -0.05) is 29.8 Å². The van der Waals surface area contributed by atoms with Crippen LogP contribution in [0.3, 0.4) is 0 Å². The van der Waals surface area contributed by atoms with Gasteiger partial charge in [-0.05, 0) is 18.2 Å². The van der Waals surface area contributed by atoms with E-state index in [1.165, 1.54) is 10.7 Å². The molecule has 1 fully saturated rings. The summed E-state index contributed by atoms with van der Waals surface area (Å²) in [6, 6.07) is 12.1. The van der Waals surface area contributed by atoms with Crippen LogP contribution in [0.25, 0.3) is 10.8 Å². The van der Waals surface area contributed by atoms with Gasteiger partial charge in [-0.25, -0.2) is 4.68 Å². The van der Waals surface area contributed by atoms with Crippen molar-refractivity contribution in [1.82, 2.24) is 14.7 Å². The highest BCUT2D eigenvalue weighted by atomic mass is 35.5. The summed E-state index contributed by atoms with van der Waals surface area (Å²) in [6.45, 7) is 2.96. The van der Waals surface area contributed by atoms with Crippen LogP contribution in [0.1, 0.15) is 0 Å². The maximum Gasteiger partial charge on any atom is 0.294 e. The summed E-state index contributed by atoms with van der Waals surface area (Å²) in [7, 11) is 0. The number of piperazine rings is 1. The Balaban J connectivity index is 1.48. The number of fused-ring (bicyclic) bond motifs is 1. The number of nitro benzene ring substituents is 1. The molecule has 8 nitrogen and oxygen atoms in total. The van der Waals surface area contributed by atoms with E-state index in [-0.39, 0.29) is 11.2 Å². The van der Waals surface area contributed by atoms with Crippen molar-refractivity contribution in [3.05, 3.63) is 74.2 Å². The van der Waals surface area contributed by atoms with Crippen LogP contribution in [0.5, 0.6) is 0 Å². The van der Waals surface area contributed by atoms with Gasteiger partial charge in [0.1, 0.15) is 5.69 Å². The predicted molar refractivity (Wildman–Crippen MR) is 108 cm³/mol. The van der Waals surface area contributed by atoms with Gasteiger partial charge in [0.15, 0.2) is 0 Å². The topological polar surface area (TPSA) is 84.5 Å². The molecule has 144 valence electrons. The molecule has 0 saturated carbocycles. The molecule has 0 amide bonds. The normalized spacial score (nSPS) is 15.1. The van der Waals surface area contributed by atoms with E-state index < -0.39 is 4.92 Å². The fraction of sp³-hybridized carbons (Fsp3) is 0.263. The number of halogens is 1. The first-order valence-corrected chi connectivity index (χ1v) is 9.27. The lowest BCUT2D eigenvalue weighted by atomic mass is 10.2. The third-order valence-corrected chi connectivity index (χ3v) is 5.18. The fourth-order valence-corrected chi connectivity index (χ4v) is 3.62. The van der Waals surface area contributed by atoms with Crippen molar-refractivity contribution in [3.8, 4) is 0 Å². The summed E-state index contributed by atoms with van der Waals surface area (Å²) < 4.78 is 1.46. The Morgan fingerprint density at radius 1 is 1.11 bits per heavy atom. The Bertz CT molecular complexity index is 1090. The molecule has 1 aromatic heterocycles. The number of hydrogen-bond acceptors (Lipinski definition) is 6. The number of nitrogens with zero attached hydrogens (tertiary/aromatic N) is 5. The molecular weight excluding hydrogens is 382 g/mol. The summed E-state index contributed by atoms with van der Waals surface area (Å²) >= 11 is 5.90. The molecule has 1 saturated heterocycles.